The van der Waals surface area contributed by atoms with E-state index < -0.39 is 25.1 Å². The summed E-state index contributed by atoms with van der Waals surface area (Å²) in [6.45, 7) is 1.36. The molecular formula is C17H21N3O2. The molecule has 116 valence electrons. The van der Waals surface area contributed by atoms with Crippen LogP contribution < -0.4 is 0 Å². The number of hydrogen-bond donors (Lipinski definition) is 1. The van der Waals surface area contributed by atoms with Crippen LogP contribution in [0.5, 0.6) is 0 Å². The van der Waals surface area contributed by atoms with Crippen LogP contribution in [0.3, 0.4) is 0 Å². The Hall–Kier alpha value is -2.27. The molecule has 5 heteroatoms. The number of carboxylic acid groups (broad SMARTS) is 1. The number of rotatable bonds is 7. The quantitative estimate of drug-likeness (QED) is 0.851. The average Bonchev–Trinajstić information content (AvgIpc) is 2.59. The van der Waals surface area contributed by atoms with E-state index in [-0.39, 0.29) is 5.92 Å². The van der Waals surface area contributed by atoms with Crippen molar-refractivity contribution in [1.29, 1.82) is 0 Å². The van der Waals surface area contributed by atoms with Crippen LogP contribution in [0.2, 0.25) is 0 Å². The van der Waals surface area contributed by atoms with Crippen LogP contribution in [0.4, 0.5) is 0 Å². The number of aliphatic carboxylic acids is 1. The fourth-order valence-corrected chi connectivity index (χ4v) is 2.16. The Morgan fingerprint density at radius 3 is 1.95 bits per heavy atom. The minimum Gasteiger partial charge on any atom is -0.480 e. The van der Waals surface area contributed by atoms with Gasteiger partial charge in [-0.3, -0.25) is 19.7 Å². The second-order valence-electron chi connectivity index (χ2n) is 5.24. The minimum atomic E-state index is -1.08. The van der Waals surface area contributed by atoms with E-state index >= 15 is 0 Å². The molecule has 2 heterocycles. The standard InChI is InChI=1S/C17H21N3O2/c1-13(2)16(17(21)22)20(11-14-7-3-5-9-18-14)12-15-8-4-6-10-19-15/h3-10,13,16H,11-12H2,1-2H3,(H,21,22)/t16-/m0/s1/i11D,12D/t11?,12?,16-. The molecular weight excluding hydrogens is 278 g/mol. The van der Waals surface area contributed by atoms with Gasteiger partial charge in [0.1, 0.15) is 6.04 Å². The van der Waals surface area contributed by atoms with Crippen LogP contribution in [-0.4, -0.2) is 32.0 Å². The normalized spacial score (nSPS) is 16.7. The van der Waals surface area contributed by atoms with E-state index in [1.807, 2.05) is 0 Å². The number of carboxylic acids is 1. The second kappa shape index (κ2) is 7.66. The predicted molar refractivity (Wildman–Crippen MR) is 84.0 cm³/mol. The van der Waals surface area contributed by atoms with Crippen molar-refractivity contribution in [2.75, 3.05) is 0 Å². The van der Waals surface area contributed by atoms with Gasteiger partial charge in [-0.1, -0.05) is 26.0 Å². The summed E-state index contributed by atoms with van der Waals surface area (Å²) in [5, 5.41) is 9.66. The van der Waals surface area contributed by atoms with E-state index in [9.17, 15) is 9.90 Å². The molecule has 5 nitrogen and oxygen atoms in total. The zero-order chi connectivity index (χ0) is 17.7. The zero-order valence-corrected chi connectivity index (χ0v) is 12.6. The summed E-state index contributed by atoms with van der Waals surface area (Å²) in [7, 11) is 0. The molecule has 0 saturated heterocycles. The Balaban J connectivity index is 2.46. The van der Waals surface area contributed by atoms with E-state index in [1.165, 1.54) is 4.90 Å². The van der Waals surface area contributed by atoms with Crippen molar-refractivity contribution < 1.29 is 12.6 Å². The lowest BCUT2D eigenvalue weighted by atomic mass is 10.0. The number of carbonyl (C=O) groups is 1. The fraction of sp³-hybridized carbons (Fsp3) is 0.353. The van der Waals surface area contributed by atoms with Gasteiger partial charge in [0.25, 0.3) is 0 Å². The van der Waals surface area contributed by atoms with Gasteiger partial charge in [0.2, 0.25) is 0 Å². The maximum atomic E-state index is 11.8. The summed E-state index contributed by atoms with van der Waals surface area (Å²) in [5.74, 6) is -1.35. The topological polar surface area (TPSA) is 66.3 Å². The van der Waals surface area contributed by atoms with Crippen molar-refractivity contribution in [3.63, 3.8) is 0 Å². The fourth-order valence-electron chi connectivity index (χ4n) is 2.16. The highest BCUT2D eigenvalue weighted by Crippen LogP contribution is 2.17. The molecule has 2 rings (SSSR count). The smallest absolute Gasteiger partial charge is 0.321 e. The van der Waals surface area contributed by atoms with Crippen LogP contribution in [0.1, 0.15) is 28.0 Å². The van der Waals surface area contributed by atoms with E-state index in [1.54, 1.807) is 62.6 Å². The Labute approximate surface area is 133 Å². The average molecular weight is 301 g/mol. The van der Waals surface area contributed by atoms with Gasteiger partial charge in [0, 0.05) is 28.2 Å². The van der Waals surface area contributed by atoms with Gasteiger partial charge >= 0.3 is 5.97 Å². The highest BCUT2D eigenvalue weighted by Gasteiger charge is 2.29. The lowest BCUT2D eigenvalue weighted by Gasteiger charge is -2.30. The molecule has 0 spiro atoms. The molecule has 0 aliphatic heterocycles. The van der Waals surface area contributed by atoms with Crippen LogP contribution in [0.15, 0.2) is 48.8 Å². The van der Waals surface area contributed by atoms with Crippen molar-refractivity contribution >= 4 is 5.97 Å². The molecule has 2 unspecified atom stereocenters. The van der Waals surface area contributed by atoms with Crippen LogP contribution in [0.25, 0.3) is 0 Å². The molecule has 0 saturated carbocycles. The third-order valence-corrected chi connectivity index (χ3v) is 3.14. The molecule has 3 atom stereocenters. The van der Waals surface area contributed by atoms with Crippen LogP contribution in [-0.2, 0) is 17.8 Å². The van der Waals surface area contributed by atoms with Gasteiger partial charge in [-0.2, -0.15) is 0 Å². The molecule has 22 heavy (non-hydrogen) atoms. The van der Waals surface area contributed by atoms with Crippen molar-refractivity contribution in [3.8, 4) is 0 Å². The zero-order valence-electron chi connectivity index (χ0n) is 14.6. The molecule has 0 aliphatic carbocycles. The molecule has 0 radical (unpaired) electrons. The van der Waals surface area contributed by atoms with Crippen molar-refractivity contribution in [2.45, 2.75) is 32.9 Å². The first-order chi connectivity index (χ1) is 11.4. The van der Waals surface area contributed by atoms with Gasteiger partial charge in [-0.05, 0) is 30.2 Å². The highest BCUT2D eigenvalue weighted by molar-refractivity contribution is 5.73. The molecule has 0 aromatic carbocycles. The molecule has 2 aromatic heterocycles. The maximum absolute atomic E-state index is 11.8. The lowest BCUT2D eigenvalue weighted by molar-refractivity contribution is -0.145. The predicted octanol–water partition coefficient (Wildman–Crippen LogP) is 2.59. The van der Waals surface area contributed by atoms with E-state index in [0.717, 1.165) is 0 Å². The monoisotopic (exact) mass is 301 g/mol. The maximum Gasteiger partial charge on any atom is 0.321 e. The Kier molecular flexibility index (Phi) is 4.66. The minimum absolute atomic E-state index is 0.282. The van der Waals surface area contributed by atoms with Gasteiger partial charge < -0.3 is 5.11 Å². The number of hydrogen-bond acceptors (Lipinski definition) is 4. The summed E-state index contributed by atoms with van der Waals surface area (Å²) < 4.78 is 17.0. The molecule has 0 fully saturated rings. The van der Waals surface area contributed by atoms with Gasteiger partial charge in [-0.25, -0.2) is 0 Å². The largest absolute Gasteiger partial charge is 0.480 e. The van der Waals surface area contributed by atoms with Gasteiger partial charge in [0.05, 0.1) is 11.4 Å². The first kappa shape index (κ1) is 13.4. The third kappa shape index (κ3) is 4.36. The molecule has 1 N–H and O–H groups in total. The lowest BCUT2D eigenvalue weighted by Crippen LogP contribution is -2.44. The summed E-state index contributed by atoms with van der Waals surface area (Å²) in [6.07, 6.45) is 3.11. The van der Waals surface area contributed by atoms with Crippen molar-refractivity contribution in [1.82, 2.24) is 14.9 Å². The SMILES string of the molecule is [2H]C(c1ccccn1)N(C([2H])c1ccccn1)[C@H](C(=O)O)C(C)C. The van der Waals surface area contributed by atoms with Crippen molar-refractivity contribution in [2.24, 2.45) is 5.92 Å². The van der Waals surface area contributed by atoms with Crippen LogP contribution >= 0.6 is 0 Å². The molecule has 0 amide bonds. The first-order valence-electron chi connectivity index (χ1n) is 8.25. The van der Waals surface area contributed by atoms with E-state index in [0.29, 0.717) is 11.4 Å². The van der Waals surface area contributed by atoms with Crippen molar-refractivity contribution in [3.05, 3.63) is 60.2 Å². The number of pyridine rings is 2. The van der Waals surface area contributed by atoms with E-state index in [4.69, 9.17) is 2.74 Å². The Morgan fingerprint density at radius 1 is 1.14 bits per heavy atom. The second-order valence-corrected chi connectivity index (χ2v) is 5.24. The van der Waals surface area contributed by atoms with Gasteiger partial charge in [-0.15, -0.1) is 0 Å². The summed E-state index contributed by atoms with van der Waals surface area (Å²) in [5.41, 5.74) is 0.801. The van der Waals surface area contributed by atoms with Gasteiger partial charge in [0.15, 0.2) is 0 Å². The van der Waals surface area contributed by atoms with E-state index in [2.05, 4.69) is 9.97 Å². The summed E-state index contributed by atoms with van der Waals surface area (Å²) in [6, 6.07) is 9.27. The molecule has 0 aliphatic rings. The highest BCUT2D eigenvalue weighted by atomic mass is 16.4. The summed E-state index contributed by atoms with van der Waals surface area (Å²) >= 11 is 0. The molecule has 2 aromatic rings. The number of aromatic nitrogens is 2. The summed E-state index contributed by atoms with van der Waals surface area (Å²) in [4.78, 5) is 21.4. The Bertz CT molecular complexity index is 610. The Morgan fingerprint density at radius 2 is 1.64 bits per heavy atom. The first-order valence-corrected chi connectivity index (χ1v) is 7.10. The van der Waals surface area contributed by atoms with Crippen LogP contribution in [0, 0.1) is 5.92 Å². The number of nitrogens with zero attached hydrogens (tertiary/aromatic N) is 3. The third-order valence-electron chi connectivity index (χ3n) is 3.14. The molecule has 0 bridgehead atoms.